The molecule has 0 radical (unpaired) electrons. The van der Waals surface area contributed by atoms with Crippen LogP contribution in [0, 0.1) is 0 Å². The second-order valence-electron chi connectivity index (χ2n) is 2.20. The number of carbonyl (C=O) groups excluding carboxylic acids is 1. The summed E-state index contributed by atoms with van der Waals surface area (Å²) in [5.74, 6) is 0. The van der Waals surface area contributed by atoms with Gasteiger partial charge in [-0.3, -0.25) is 0 Å². The van der Waals surface area contributed by atoms with E-state index in [2.05, 4.69) is 11.6 Å². The van der Waals surface area contributed by atoms with Gasteiger partial charge in [0.2, 0.25) is 6.08 Å². The van der Waals surface area contributed by atoms with Crippen LogP contribution >= 0.6 is 0 Å². The first-order chi connectivity index (χ1) is 4.84. The molecular weight excluding hydrogens is 130 g/mol. The first kappa shape index (κ1) is 7.19. The Kier molecular flexibility index (Phi) is 2.37. The molecule has 0 saturated carbocycles. The molecule has 1 atom stereocenters. The van der Waals surface area contributed by atoms with Crippen LogP contribution in [0.5, 0.6) is 0 Å². The van der Waals surface area contributed by atoms with Crippen LogP contribution in [-0.2, 0) is 9.53 Å². The maximum atomic E-state index is 9.76. The number of isocyanates is 1. The SMILES string of the molecule is C=C(N=C=O)C1CCCO1. The zero-order valence-electron chi connectivity index (χ0n) is 5.67. The lowest BCUT2D eigenvalue weighted by Gasteiger charge is -2.04. The highest BCUT2D eigenvalue weighted by molar-refractivity contribution is 5.37. The molecule has 1 fully saturated rings. The smallest absolute Gasteiger partial charge is 0.240 e. The highest BCUT2D eigenvalue weighted by Gasteiger charge is 2.17. The average Bonchev–Trinajstić information content (AvgIpc) is 2.38. The maximum Gasteiger partial charge on any atom is 0.240 e. The summed E-state index contributed by atoms with van der Waals surface area (Å²) in [4.78, 5) is 13.1. The normalized spacial score (nSPS) is 23.8. The van der Waals surface area contributed by atoms with E-state index in [0.717, 1.165) is 19.4 Å². The van der Waals surface area contributed by atoms with E-state index in [1.165, 1.54) is 6.08 Å². The molecule has 1 rings (SSSR count). The van der Waals surface area contributed by atoms with Crippen LogP contribution in [0.2, 0.25) is 0 Å². The van der Waals surface area contributed by atoms with Gasteiger partial charge in [0.15, 0.2) is 0 Å². The predicted molar refractivity (Wildman–Crippen MR) is 36.2 cm³/mol. The van der Waals surface area contributed by atoms with Crippen molar-refractivity contribution in [3.05, 3.63) is 12.3 Å². The van der Waals surface area contributed by atoms with Crippen LogP contribution in [0.3, 0.4) is 0 Å². The van der Waals surface area contributed by atoms with E-state index in [1.54, 1.807) is 0 Å². The summed E-state index contributed by atoms with van der Waals surface area (Å²) in [6, 6.07) is 0. The van der Waals surface area contributed by atoms with Gasteiger partial charge in [0.05, 0.1) is 11.8 Å². The lowest BCUT2D eigenvalue weighted by molar-refractivity contribution is 0.136. The number of hydrogen-bond acceptors (Lipinski definition) is 3. The highest BCUT2D eigenvalue weighted by atomic mass is 16.5. The zero-order chi connectivity index (χ0) is 7.40. The minimum absolute atomic E-state index is 0.0403. The summed E-state index contributed by atoms with van der Waals surface area (Å²) in [7, 11) is 0. The molecule has 0 N–H and O–H groups in total. The fourth-order valence-electron chi connectivity index (χ4n) is 0.971. The van der Waals surface area contributed by atoms with Crippen LogP contribution in [0.25, 0.3) is 0 Å². The third-order valence-electron chi connectivity index (χ3n) is 1.49. The number of nitrogens with zero attached hydrogens (tertiary/aromatic N) is 1. The maximum absolute atomic E-state index is 9.76. The van der Waals surface area contributed by atoms with Crippen molar-refractivity contribution in [1.82, 2.24) is 0 Å². The van der Waals surface area contributed by atoms with Gasteiger partial charge in [-0.1, -0.05) is 6.58 Å². The molecular formula is C7H9NO2. The number of aliphatic imine (C=N–C) groups is 1. The average molecular weight is 139 g/mol. The van der Waals surface area contributed by atoms with Crippen molar-refractivity contribution >= 4 is 6.08 Å². The van der Waals surface area contributed by atoms with Crippen molar-refractivity contribution in [3.8, 4) is 0 Å². The van der Waals surface area contributed by atoms with Gasteiger partial charge in [-0.2, -0.15) is 4.99 Å². The summed E-state index contributed by atoms with van der Waals surface area (Å²) in [6.07, 6.45) is 3.35. The van der Waals surface area contributed by atoms with Crippen molar-refractivity contribution in [1.29, 1.82) is 0 Å². The summed E-state index contributed by atoms with van der Waals surface area (Å²) >= 11 is 0. The van der Waals surface area contributed by atoms with Crippen LogP contribution in [0.1, 0.15) is 12.8 Å². The van der Waals surface area contributed by atoms with Gasteiger partial charge in [0.25, 0.3) is 0 Å². The molecule has 0 spiro atoms. The van der Waals surface area contributed by atoms with Crippen LogP contribution < -0.4 is 0 Å². The van der Waals surface area contributed by atoms with E-state index in [-0.39, 0.29) is 6.10 Å². The van der Waals surface area contributed by atoms with E-state index < -0.39 is 0 Å². The third-order valence-corrected chi connectivity index (χ3v) is 1.49. The Balaban J connectivity index is 2.47. The standard InChI is InChI=1S/C7H9NO2/c1-6(8-5-9)7-3-2-4-10-7/h7H,1-4H2. The monoisotopic (exact) mass is 139 g/mol. The van der Waals surface area contributed by atoms with Crippen molar-refractivity contribution in [2.75, 3.05) is 6.61 Å². The highest BCUT2D eigenvalue weighted by Crippen LogP contribution is 2.18. The second kappa shape index (κ2) is 3.30. The van der Waals surface area contributed by atoms with Gasteiger partial charge in [-0.25, -0.2) is 4.79 Å². The minimum Gasteiger partial charge on any atom is -0.372 e. The van der Waals surface area contributed by atoms with E-state index in [4.69, 9.17) is 4.74 Å². The topological polar surface area (TPSA) is 38.7 Å². The Bertz CT molecular complexity index is 176. The van der Waals surface area contributed by atoms with Gasteiger partial charge < -0.3 is 4.74 Å². The molecule has 1 saturated heterocycles. The Labute approximate surface area is 59.4 Å². The zero-order valence-corrected chi connectivity index (χ0v) is 5.67. The summed E-state index contributed by atoms with van der Waals surface area (Å²) in [5.41, 5.74) is 0.493. The Morgan fingerprint density at radius 3 is 3.10 bits per heavy atom. The van der Waals surface area contributed by atoms with Crippen molar-refractivity contribution < 1.29 is 9.53 Å². The molecule has 0 aromatic heterocycles. The van der Waals surface area contributed by atoms with Gasteiger partial charge in [0, 0.05) is 6.61 Å². The fourth-order valence-corrected chi connectivity index (χ4v) is 0.971. The largest absolute Gasteiger partial charge is 0.372 e. The summed E-state index contributed by atoms with van der Waals surface area (Å²) in [6.45, 7) is 4.32. The van der Waals surface area contributed by atoms with Crippen LogP contribution in [-0.4, -0.2) is 18.8 Å². The molecule has 1 unspecified atom stereocenters. The molecule has 0 aromatic rings. The van der Waals surface area contributed by atoms with Crippen molar-refractivity contribution in [3.63, 3.8) is 0 Å². The first-order valence-corrected chi connectivity index (χ1v) is 3.23. The molecule has 1 aliphatic rings. The molecule has 0 bridgehead atoms. The number of rotatable bonds is 2. The van der Waals surface area contributed by atoms with E-state index in [1.807, 2.05) is 0 Å². The molecule has 0 aromatic carbocycles. The van der Waals surface area contributed by atoms with Gasteiger partial charge in [-0.05, 0) is 12.8 Å². The molecule has 1 aliphatic heterocycles. The second-order valence-corrected chi connectivity index (χ2v) is 2.20. The van der Waals surface area contributed by atoms with Crippen LogP contribution in [0.4, 0.5) is 0 Å². The quantitative estimate of drug-likeness (QED) is 0.423. The molecule has 0 amide bonds. The molecule has 1 heterocycles. The Hall–Kier alpha value is -0.920. The Morgan fingerprint density at radius 1 is 1.80 bits per heavy atom. The minimum atomic E-state index is -0.0403. The molecule has 10 heavy (non-hydrogen) atoms. The Morgan fingerprint density at radius 2 is 2.60 bits per heavy atom. The van der Waals surface area contributed by atoms with Gasteiger partial charge in [0.1, 0.15) is 0 Å². The molecule has 3 nitrogen and oxygen atoms in total. The van der Waals surface area contributed by atoms with Crippen LogP contribution in [0.15, 0.2) is 17.3 Å². The summed E-state index contributed by atoms with van der Waals surface area (Å²) in [5, 5.41) is 0. The first-order valence-electron chi connectivity index (χ1n) is 3.23. The number of ether oxygens (including phenoxy) is 1. The molecule has 3 heteroatoms. The van der Waals surface area contributed by atoms with Gasteiger partial charge in [-0.15, -0.1) is 0 Å². The summed E-state index contributed by atoms with van der Waals surface area (Å²) < 4.78 is 5.20. The lowest BCUT2D eigenvalue weighted by atomic mass is 10.2. The van der Waals surface area contributed by atoms with Crippen molar-refractivity contribution in [2.45, 2.75) is 18.9 Å². The predicted octanol–water partition coefficient (Wildman–Crippen LogP) is 1.01. The van der Waals surface area contributed by atoms with E-state index >= 15 is 0 Å². The molecule has 54 valence electrons. The molecule has 0 aliphatic carbocycles. The number of hydrogen-bond donors (Lipinski definition) is 0. The fraction of sp³-hybridized carbons (Fsp3) is 0.571. The van der Waals surface area contributed by atoms with Crippen molar-refractivity contribution in [2.24, 2.45) is 4.99 Å². The lowest BCUT2D eigenvalue weighted by Crippen LogP contribution is -2.05. The van der Waals surface area contributed by atoms with Gasteiger partial charge >= 0.3 is 0 Å². The third kappa shape index (κ3) is 1.53. The van der Waals surface area contributed by atoms with E-state index in [0.29, 0.717) is 5.70 Å². The van der Waals surface area contributed by atoms with E-state index in [9.17, 15) is 4.79 Å².